The Morgan fingerprint density at radius 2 is 1.95 bits per heavy atom. The minimum Gasteiger partial charge on any atom is -0.496 e. The van der Waals surface area contributed by atoms with E-state index in [9.17, 15) is 0 Å². The summed E-state index contributed by atoms with van der Waals surface area (Å²) in [5.41, 5.74) is 4.26. The Morgan fingerprint density at radius 3 is 2.63 bits per heavy atom. The van der Waals surface area contributed by atoms with Gasteiger partial charge < -0.3 is 10.1 Å². The van der Waals surface area contributed by atoms with Gasteiger partial charge in [0.1, 0.15) is 5.75 Å². The van der Waals surface area contributed by atoms with Crippen LogP contribution in [-0.2, 0) is 13.1 Å². The van der Waals surface area contributed by atoms with Gasteiger partial charge in [-0.3, -0.25) is 9.97 Å². The molecule has 0 radical (unpaired) electrons. The molecule has 0 aliphatic rings. The predicted octanol–water partition coefficient (Wildman–Crippen LogP) is 2.39. The number of ether oxygens (including phenoxy) is 1. The fourth-order valence-electron chi connectivity index (χ4n) is 1.88. The van der Waals surface area contributed by atoms with Gasteiger partial charge in [0, 0.05) is 31.0 Å². The van der Waals surface area contributed by atoms with Crippen molar-refractivity contribution in [2.24, 2.45) is 0 Å². The zero-order valence-corrected chi connectivity index (χ0v) is 11.6. The van der Waals surface area contributed by atoms with Gasteiger partial charge in [0.05, 0.1) is 18.5 Å². The Balaban J connectivity index is 1.95. The SMILES string of the molecule is COc1ccc(C)cc1CNCc1cnc(C)cn1. The van der Waals surface area contributed by atoms with Crippen LogP contribution in [0.25, 0.3) is 0 Å². The fraction of sp³-hybridized carbons (Fsp3) is 0.333. The first-order valence-corrected chi connectivity index (χ1v) is 6.31. The van der Waals surface area contributed by atoms with Crippen LogP contribution >= 0.6 is 0 Å². The van der Waals surface area contributed by atoms with Crippen molar-refractivity contribution in [2.75, 3.05) is 7.11 Å². The highest BCUT2D eigenvalue weighted by Crippen LogP contribution is 2.19. The summed E-state index contributed by atoms with van der Waals surface area (Å²) >= 11 is 0. The van der Waals surface area contributed by atoms with Crippen molar-refractivity contribution in [3.63, 3.8) is 0 Å². The van der Waals surface area contributed by atoms with Crippen molar-refractivity contribution in [3.05, 3.63) is 53.1 Å². The van der Waals surface area contributed by atoms with Gasteiger partial charge in [-0.1, -0.05) is 17.7 Å². The van der Waals surface area contributed by atoms with E-state index in [1.165, 1.54) is 5.56 Å². The second-order valence-electron chi connectivity index (χ2n) is 4.57. The molecular formula is C15H19N3O. The van der Waals surface area contributed by atoms with Crippen LogP contribution in [-0.4, -0.2) is 17.1 Å². The van der Waals surface area contributed by atoms with Crippen molar-refractivity contribution < 1.29 is 4.74 Å². The number of hydrogen-bond acceptors (Lipinski definition) is 4. The van der Waals surface area contributed by atoms with Crippen molar-refractivity contribution >= 4 is 0 Å². The van der Waals surface area contributed by atoms with Crippen LogP contribution in [0.4, 0.5) is 0 Å². The molecule has 0 amide bonds. The molecule has 4 heteroatoms. The largest absolute Gasteiger partial charge is 0.496 e. The van der Waals surface area contributed by atoms with E-state index in [0.29, 0.717) is 6.54 Å². The molecule has 100 valence electrons. The first-order valence-electron chi connectivity index (χ1n) is 6.31. The number of benzene rings is 1. The molecule has 2 rings (SSSR count). The normalized spacial score (nSPS) is 10.5. The van der Waals surface area contributed by atoms with Gasteiger partial charge in [0.15, 0.2) is 0 Å². The zero-order chi connectivity index (χ0) is 13.7. The molecule has 1 aromatic heterocycles. The van der Waals surface area contributed by atoms with Crippen LogP contribution < -0.4 is 10.1 Å². The minimum atomic E-state index is 0.699. The maximum absolute atomic E-state index is 5.35. The van der Waals surface area contributed by atoms with E-state index < -0.39 is 0 Å². The lowest BCUT2D eigenvalue weighted by Crippen LogP contribution is -2.14. The number of hydrogen-bond donors (Lipinski definition) is 1. The molecule has 0 atom stereocenters. The lowest BCUT2D eigenvalue weighted by atomic mass is 10.1. The molecule has 0 saturated carbocycles. The second kappa shape index (κ2) is 6.29. The van der Waals surface area contributed by atoms with Crippen LogP contribution in [0.2, 0.25) is 0 Å². The summed E-state index contributed by atoms with van der Waals surface area (Å²) in [5.74, 6) is 0.910. The Kier molecular flexibility index (Phi) is 4.47. The summed E-state index contributed by atoms with van der Waals surface area (Å²) in [6.07, 6.45) is 3.58. The predicted molar refractivity (Wildman–Crippen MR) is 75.0 cm³/mol. The molecule has 1 heterocycles. The lowest BCUT2D eigenvalue weighted by Gasteiger charge is -2.10. The molecule has 0 fully saturated rings. The highest BCUT2D eigenvalue weighted by Gasteiger charge is 2.03. The van der Waals surface area contributed by atoms with E-state index in [4.69, 9.17) is 4.74 Å². The smallest absolute Gasteiger partial charge is 0.123 e. The third-order valence-corrected chi connectivity index (χ3v) is 2.89. The average Bonchev–Trinajstić information content (AvgIpc) is 2.41. The summed E-state index contributed by atoms with van der Waals surface area (Å²) in [6, 6.07) is 6.18. The van der Waals surface area contributed by atoms with Crippen LogP contribution in [0, 0.1) is 13.8 Å². The Hall–Kier alpha value is -1.94. The number of aryl methyl sites for hydroxylation is 2. The minimum absolute atomic E-state index is 0.699. The van der Waals surface area contributed by atoms with E-state index in [2.05, 4.69) is 28.3 Å². The highest BCUT2D eigenvalue weighted by molar-refractivity contribution is 5.36. The van der Waals surface area contributed by atoms with E-state index >= 15 is 0 Å². The number of methoxy groups -OCH3 is 1. The monoisotopic (exact) mass is 257 g/mol. The average molecular weight is 257 g/mol. The van der Waals surface area contributed by atoms with E-state index in [1.807, 2.05) is 19.1 Å². The van der Waals surface area contributed by atoms with Gasteiger partial charge in [0.25, 0.3) is 0 Å². The molecule has 1 N–H and O–H groups in total. The molecular weight excluding hydrogens is 238 g/mol. The summed E-state index contributed by atoms with van der Waals surface area (Å²) in [5, 5.41) is 3.36. The number of rotatable bonds is 5. The molecule has 1 aromatic carbocycles. The lowest BCUT2D eigenvalue weighted by molar-refractivity contribution is 0.407. The van der Waals surface area contributed by atoms with Crippen molar-refractivity contribution in [1.82, 2.24) is 15.3 Å². The summed E-state index contributed by atoms with van der Waals surface area (Å²) < 4.78 is 5.35. The molecule has 0 bridgehead atoms. The summed E-state index contributed by atoms with van der Waals surface area (Å²) in [4.78, 5) is 8.54. The third kappa shape index (κ3) is 3.76. The van der Waals surface area contributed by atoms with Gasteiger partial charge >= 0.3 is 0 Å². The van der Waals surface area contributed by atoms with E-state index in [1.54, 1.807) is 19.5 Å². The number of aromatic nitrogens is 2. The molecule has 0 aliphatic carbocycles. The van der Waals surface area contributed by atoms with Gasteiger partial charge in [0.2, 0.25) is 0 Å². The maximum Gasteiger partial charge on any atom is 0.123 e. The molecule has 0 aliphatic heterocycles. The van der Waals surface area contributed by atoms with Gasteiger partial charge in [-0.15, -0.1) is 0 Å². The van der Waals surface area contributed by atoms with Gasteiger partial charge in [-0.2, -0.15) is 0 Å². The molecule has 0 saturated heterocycles. The third-order valence-electron chi connectivity index (χ3n) is 2.89. The van der Waals surface area contributed by atoms with E-state index in [-0.39, 0.29) is 0 Å². The fourth-order valence-corrected chi connectivity index (χ4v) is 1.88. The van der Waals surface area contributed by atoms with E-state index in [0.717, 1.165) is 29.2 Å². The van der Waals surface area contributed by atoms with Crippen molar-refractivity contribution in [3.8, 4) is 5.75 Å². The second-order valence-corrected chi connectivity index (χ2v) is 4.57. The van der Waals surface area contributed by atoms with Crippen LogP contribution in [0.5, 0.6) is 5.75 Å². The van der Waals surface area contributed by atoms with Crippen molar-refractivity contribution in [1.29, 1.82) is 0 Å². The summed E-state index contributed by atoms with van der Waals surface area (Å²) in [6.45, 7) is 5.46. The topological polar surface area (TPSA) is 47.0 Å². The number of nitrogens with zero attached hydrogens (tertiary/aromatic N) is 2. The van der Waals surface area contributed by atoms with Crippen LogP contribution in [0.1, 0.15) is 22.5 Å². The Morgan fingerprint density at radius 1 is 1.11 bits per heavy atom. The van der Waals surface area contributed by atoms with Crippen molar-refractivity contribution in [2.45, 2.75) is 26.9 Å². The maximum atomic E-state index is 5.35. The molecule has 4 nitrogen and oxygen atoms in total. The van der Waals surface area contributed by atoms with Gasteiger partial charge in [-0.25, -0.2) is 0 Å². The Labute approximate surface area is 113 Å². The molecule has 2 aromatic rings. The highest BCUT2D eigenvalue weighted by atomic mass is 16.5. The Bertz CT molecular complexity index is 538. The first kappa shape index (κ1) is 13.5. The standard InChI is InChI=1S/C15H19N3O/c1-11-4-5-15(19-3)13(6-11)8-16-9-14-10-17-12(2)7-18-14/h4-7,10,16H,8-9H2,1-3H3. The van der Waals surface area contributed by atoms with Gasteiger partial charge in [-0.05, 0) is 19.9 Å². The van der Waals surface area contributed by atoms with Crippen LogP contribution in [0.3, 0.4) is 0 Å². The molecule has 19 heavy (non-hydrogen) atoms. The number of nitrogens with one attached hydrogen (secondary N) is 1. The molecule has 0 spiro atoms. The molecule has 0 unspecified atom stereocenters. The quantitative estimate of drug-likeness (QED) is 0.893. The van der Waals surface area contributed by atoms with Crippen LogP contribution in [0.15, 0.2) is 30.6 Å². The summed E-state index contributed by atoms with van der Waals surface area (Å²) in [7, 11) is 1.69. The zero-order valence-electron chi connectivity index (χ0n) is 11.6. The first-order chi connectivity index (χ1) is 9.19.